The Balaban J connectivity index is 0.00000144. The highest BCUT2D eigenvalue weighted by Gasteiger charge is 2.26. The second-order valence-corrected chi connectivity index (χ2v) is 2.68. The van der Waals surface area contributed by atoms with E-state index in [1.165, 1.54) is 0 Å². The molecule has 1 fully saturated rings. The van der Waals surface area contributed by atoms with Crippen molar-refractivity contribution in [3.63, 3.8) is 0 Å². The molecule has 13 heavy (non-hydrogen) atoms. The van der Waals surface area contributed by atoms with Gasteiger partial charge < -0.3 is 9.47 Å². The first-order valence-corrected chi connectivity index (χ1v) is 4.11. The zero-order chi connectivity index (χ0) is 8.97. The zero-order valence-electron chi connectivity index (χ0n) is 7.45. The van der Waals surface area contributed by atoms with E-state index < -0.39 is 11.9 Å². The minimum absolute atomic E-state index is 0. The Morgan fingerprint density at radius 2 is 1.92 bits per heavy atom. The molecule has 0 spiro atoms. The van der Waals surface area contributed by atoms with E-state index in [1.54, 1.807) is 6.92 Å². The molecule has 0 aromatic heterocycles. The van der Waals surface area contributed by atoms with Crippen molar-refractivity contribution in [3.8, 4) is 0 Å². The van der Waals surface area contributed by atoms with Crippen LogP contribution in [0.4, 0.5) is 0 Å². The summed E-state index contributed by atoms with van der Waals surface area (Å²) in [5.74, 6) is -1.74. The molecule has 0 heterocycles. The smallest absolute Gasteiger partial charge is 0.417 e. The summed E-state index contributed by atoms with van der Waals surface area (Å²) in [6.45, 7) is 1.85. The fourth-order valence-corrected chi connectivity index (χ4v) is 0.878. The van der Waals surface area contributed by atoms with E-state index in [1.807, 2.05) is 0 Å². The highest BCUT2D eigenvalue weighted by molar-refractivity contribution is 6.29. The number of ether oxygens (including phenoxy) is 2. The largest absolute Gasteiger partial charge is 0.458 e. The van der Waals surface area contributed by atoms with Gasteiger partial charge in [0.2, 0.25) is 0 Å². The maximum absolute atomic E-state index is 10.8. The molecule has 0 amide bonds. The van der Waals surface area contributed by atoms with Crippen LogP contribution in [0.25, 0.3) is 0 Å². The molecule has 0 bridgehead atoms. The van der Waals surface area contributed by atoms with Crippen molar-refractivity contribution in [3.05, 3.63) is 0 Å². The van der Waals surface area contributed by atoms with Crippen LogP contribution >= 0.6 is 12.4 Å². The maximum atomic E-state index is 10.8. The monoisotopic (exact) mass is 208 g/mol. The van der Waals surface area contributed by atoms with Gasteiger partial charge in [0.1, 0.15) is 6.10 Å². The number of hydrogen-bond acceptors (Lipinski definition) is 4. The van der Waals surface area contributed by atoms with Gasteiger partial charge in [-0.2, -0.15) is 0 Å². The average Bonchev–Trinajstić information content (AvgIpc) is 1.97. The van der Waals surface area contributed by atoms with Gasteiger partial charge in [-0.25, -0.2) is 9.59 Å². The van der Waals surface area contributed by atoms with Crippen LogP contribution < -0.4 is 0 Å². The van der Waals surface area contributed by atoms with E-state index in [-0.39, 0.29) is 25.1 Å². The molecule has 4 nitrogen and oxygen atoms in total. The molecule has 1 aliphatic carbocycles. The molecule has 0 radical (unpaired) electrons. The second kappa shape index (κ2) is 5.80. The summed E-state index contributed by atoms with van der Waals surface area (Å²) in [4.78, 5) is 21.6. The molecular weight excluding hydrogens is 196 g/mol. The van der Waals surface area contributed by atoms with Crippen LogP contribution in [-0.4, -0.2) is 24.6 Å². The predicted octanol–water partition coefficient (Wildman–Crippen LogP) is 1.07. The molecule has 5 heteroatoms. The third kappa shape index (κ3) is 3.63. The van der Waals surface area contributed by atoms with Gasteiger partial charge >= 0.3 is 11.9 Å². The lowest BCUT2D eigenvalue weighted by Crippen LogP contribution is -2.30. The van der Waals surface area contributed by atoms with E-state index in [2.05, 4.69) is 4.74 Å². The van der Waals surface area contributed by atoms with Gasteiger partial charge in [-0.05, 0) is 26.2 Å². The minimum Gasteiger partial charge on any atom is -0.458 e. The van der Waals surface area contributed by atoms with Crippen molar-refractivity contribution in [1.82, 2.24) is 0 Å². The van der Waals surface area contributed by atoms with Gasteiger partial charge in [-0.15, -0.1) is 12.4 Å². The summed E-state index contributed by atoms with van der Waals surface area (Å²) in [6.07, 6.45) is 2.75. The molecule has 0 atom stereocenters. The minimum atomic E-state index is -0.885. The number of halogens is 1. The number of hydrogen-bond donors (Lipinski definition) is 0. The molecule has 0 N–H and O–H groups in total. The first-order chi connectivity index (χ1) is 5.74. The molecule has 1 saturated carbocycles. The summed E-state index contributed by atoms with van der Waals surface area (Å²) in [5.41, 5.74) is 0. The highest BCUT2D eigenvalue weighted by Crippen LogP contribution is 2.21. The first-order valence-electron chi connectivity index (χ1n) is 4.11. The van der Waals surface area contributed by atoms with Gasteiger partial charge in [0.05, 0.1) is 6.61 Å². The van der Waals surface area contributed by atoms with Gasteiger partial charge in [-0.3, -0.25) is 0 Å². The van der Waals surface area contributed by atoms with Gasteiger partial charge in [0.15, 0.2) is 0 Å². The molecule has 1 aliphatic rings. The number of rotatable bonds is 2. The van der Waals surface area contributed by atoms with Crippen molar-refractivity contribution in [2.24, 2.45) is 0 Å². The van der Waals surface area contributed by atoms with E-state index in [0.717, 1.165) is 19.3 Å². The van der Waals surface area contributed by atoms with Crippen LogP contribution in [-0.2, 0) is 19.1 Å². The lowest BCUT2D eigenvalue weighted by atomic mass is 9.96. The Kier molecular flexibility index (Phi) is 5.46. The van der Waals surface area contributed by atoms with Crippen LogP contribution in [0.3, 0.4) is 0 Å². The number of carbonyl (C=O) groups excluding carboxylic acids is 2. The zero-order valence-corrected chi connectivity index (χ0v) is 8.26. The summed E-state index contributed by atoms with van der Waals surface area (Å²) < 4.78 is 9.25. The Morgan fingerprint density at radius 1 is 1.31 bits per heavy atom. The molecule has 0 saturated heterocycles. The van der Waals surface area contributed by atoms with Crippen molar-refractivity contribution < 1.29 is 19.1 Å². The SMILES string of the molecule is CCOC(=O)C(=O)OC1CCC1.Cl. The molecule has 76 valence electrons. The van der Waals surface area contributed by atoms with E-state index in [9.17, 15) is 9.59 Å². The quantitative estimate of drug-likeness (QED) is 0.503. The molecule has 1 rings (SSSR count). The highest BCUT2D eigenvalue weighted by atomic mass is 35.5. The second-order valence-electron chi connectivity index (χ2n) is 2.68. The van der Waals surface area contributed by atoms with Crippen molar-refractivity contribution >= 4 is 24.3 Å². The molecule has 0 aromatic rings. The third-order valence-electron chi connectivity index (χ3n) is 1.77. The van der Waals surface area contributed by atoms with Crippen LogP contribution in [0, 0.1) is 0 Å². The van der Waals surface area contributed by atoms with Gasteiger partial charge in [-0.1, -0.05) is 0 Å². The Labute approximate surface area is 83.0 Å². The van der Waals surface area contributed by atoms with E-state index in [4.69, 9.17) is 4.74 Å². The molecule has 0 aliphatic heterocycles. The third-order valence-corrected chi connectivity index (χ3v) is 1.77. The fraction of sp³-hybridized carbons (Fsp3) is 0.750. The van der Waals surface area contributed by atoms with Gasteiger partial charge in [0, 0.05) is 0 Å². The van der Waals surface area contributed by atoms with Crippen LogP contribution in [0.2, 0.25) is 0 Å². The number of carbonyl (C=O) groups is 2. The Hall–Kier alpha value is -0.770. The van der Waals surface area contributed by atoms with Crippen molar-refractivity contribution in [2.45, 2.75) is 32.3 Å². The lowest BCUT2D eigenvalue weighted by Gasteiger charge is -2.24. The molecular formula is C8H13ClO4. The summed E-state index contributed by atoms with van der Waals surface area (Å²) in [7, 11) is 0. The molecule has 0 unspecified atom stereocenters. The van der Waals surface area contributed by atoms with Crippen LogP contribution in [0.5, 0.6) is 0 Å². The number of esters is 2. The fourth-order valence-electron chi connectivity index (χ4n) is 0.878. The first kappa shape index (κ1) is 12.2. The van der Waals surface area contributed by atoms with Crippen molar-refractivity contribution in [2.75, 3.05) is 6.61 Å². The summed E-state index contributed by atoms with van der Waals surface area (Å²) >= 11 is 0. The van der Waals surface area contributed by atoms with Gasteiger partial charge in [0.25, 0.3) is 0 Å². The Bertz CT molecular complexity index is 189. The summed E-state index contributed by atoms with van der Waals surface area (Å²) in [5, 5.41) is 0. The summed E-state index contributed by atoms with van der Waals surface area (Å²) in [6, 6.07) is 0. The maximum Gasteiger partial charge on any atom is 0.417 e. The average molecular weight is 209 g/mol. The topological polar surface area (TPSA) is 52.6 Å². The predicted molar refractivity (Wildman–Crippen MR) is 47.6 cm³/mol. The standard InChI is InChI=1S/C8H12O4.ClH/c1-2-11-7(9)8(10)12-6-4-3-5-6;/h6H,2-5H2,1H3;1H. The lowest BCUT2D eigenvalue weighted by molar-refractivity contribution is -0.173. The normalized spacial score (nSPS) is 15.2. The van der Waals surface area contributed by atoms with Crippen molar-refractivity contribution in [1.29, 1.82) is 0 Å². The Morgan fingerprint density at radius 3 is 2.31 bits per heavy atom. The molecule has 0 aromatic carbocycles. The van der Waals surface area contributed by atoms with Crippen LogP contribution in [0.15, 0.2) is 0 Å². The van der Waals surface area contributed by atoms with Crippen LogP contribution in [0.1, 0.15) is 26.2 Å². The van der Waals surface area contributed by atoms with E-state index >= 15 is 0 Å². The van der Waals surface area contributed by atoms with E-state index in [0.29, 0.717) is 0 Å².